The van der Waals surface area contributed by atoms with Crippen molar-refractivity contribution in [2.45, 2.75) is 19.3 Å². The number of nitrogens with two attached hydrogens (primary N) is 1. The maximum atomic E-state index is 9.50. The molecule has 2 fully saturated rings. The molecule has 4 N–H and O–H groups in total. The highest BCUT2D eigenvalue weighted by Gasteiger charge is 2.48. The fraction of sp³-hybridized carbons (Fsp3) is 0.900. The molecule has 15 heavy (non-hydrogen) atoms. The number of hydrogen-bond donors (Lipinski definition) is 3. The number of fused-ring (bicyclic) bond motifs is 1. The molecule has 1 saturated heterocycles. The van der Waals surface area contributed by atoms with E-state index in [0.29, 0.717) is 12.5 Å². The minimum atomic E-state index is 0.0930. The van der Waals surface area contributed by atoms with E-state index in [1.165, 1.54) is 12.8 Å². The van der Waals surface area contributed by atoms with Crippen molar-refractivity contribution in [2.24, 2.45) is 22.2 Å². The molecule has 0 aromatic heterocycles. The number of amidine groups is 1. The summed E-state index contributed by atoms with van der Waals surface area (Å²) in [6, 6.07) is 0. The third-order valence-corrected chi connectivity index (χ3v) is 3.94. The van der Waals surface area contributed by atoms with Crippen LogP contribution in [0, 0.1) is 11.3 Å². The highest BCUT2D eigenvalue weighted by Crippen LogP contribution is 2.48. The summed E-state index contributed by atoms with van der Waals surface area (Å²) in [7, 11) is 0. The van der Waals surface area contributed by atoms with Crippen LogP contribution in [-0.4, -0.2) is 47.3 Å². The molecule has 1 heterocycles. The topological polar surface area (TPSA) is 82.1 Å². The Morgan fingerprint density at radius 2 is 2.40 bits per heavy atom. The predicted octanol–water partition coefficient (Wildman–Crippen LogP) is -0.173. The number of rotatable bonds is 3. The van der Waals surface area contributed by atoms with Gasteiger partial charge >= 0.3 is 0 Å². The van der Waals surface area contributed by atoms with E-state index in [0.717, 1.165) is 19.5 Å². The fourth-order valence-electron chi connectivity index (χ4n) is 3.16. The van der Waals surface area contributed by atoms with Gasteiger partial charge in [0.15, 0.2) is 5.84 Å². The van der Waals surface area contributed by atoms with E-state index in [2.05, 4.69) is 10.1 Å². The molecule has 1 aliphatic carbocycles. The van der Waals surface area contributed by atoms with Crippen LogP contribution >= 0.6 is 0 Å². The number of oxime groups is 1. The van der Waals surface area contributed by atoms with Crippen LogP contribution in [0.3, 0.4) is 0 Å². The number of aliphatic hydroxyl groups excluding tert-OH is 1. The molecule has 0 amide bonds. The Hall–Kier alpha value is -0.810. The monoisotopic (exact) mass is 213 g/mol. The zero-order valence-corrected chi connectivity index (χ0v) is 8.89. The summed E-state index contributed by atoms with van der Waals surface area (Å²) >= 11 is 0. The highest BCUT2D eigenvalue weighted by atomic mass is 16.4. The SMILES string of the molecule is N/C(CN1CC2CCCC2(CO)C1)=N\O. The van der Waals surface area contributed by atoms with Gasteiger partial charge in [0.2, 0.25) is 0 Å². The Morgan fingerprint density at radius 3 is 3.00 bits per heavy atom. The highest BCUT2D eigenvalue weighted by molar-refractivity contribution is 5.81. The molecule has 1 aliphatic heterocycles. The quantitative estimate of drug-likeness (QED) is 0.263. The van der Waals surface area contributed by atoms with E-state index in [1.807, 2.05) is 0 Å². The third kappa shape index (κ3) is 1.81. The zero-order valence-electron chi connectivity index (χ0n) is 8.89. The van der Waals surface area contributed by atoms with Crippen LogP contribution in [0.15, 0.2) is 5.16 Å². The van der Waals surface area contributed by atoms with Gasteiger partial charge in [-0.3, -0.25) is 4.90 Å². The van der Waals surface area contributed by atoms with E-state index >= 15 is 0 Å². The summed E-state index contributed by atoms with van der Waals surface area (Å²) in [6.45, 7) is 2.63. The molecule has 0 radical (unpaired) electrons. The number of nitrogens with zero attached hydrogens (tertiary/aromatic N) is 2. The van der Waals surface area contributed by atoms with Crippen LogP contribution in [0.1, 0.15) is 19.3 Å². The molecule has 2 atom stereocenters. The Balaban J connectivity index is 1.99. The van der Waals surface area contributed by atoms with Crippen LogP contribution < -0.4 is 5.73 Å². The lowest BCUT2D eigenvalue weighted by Crippen LogP contribution is -2.35. The first kappa shape index (κ1) is 10.7. The second-order valence-corrected chi connectivity index (χ2v) is 4.87. The average Bonchev–Trinajstić information content (AvgIpc) is 2.74. The molecule has 2 rings (SSSR count). The Kier molecular flexibility index (Phi) is 2.84. The smallest absolute Gasteiger partial charge is 0.153 e. The first-order valence-corrected chi connectivity index (χ1v) is 5.50. The summed E-state index contributed by atoms with van der Waals surface area (Å²) in [5.74, 6) is 0.844. The molecular formula is C10H19N3O2. The van der Waals surface area contributed by atoms with Gasteiger partial charge in [0.1, 0.15) is 0 Å². The maximum absolute atomic E-state index is 9.50. The number of likely N-dealkylation sites (tertiary alicyclic amines) is 1. The summed E-state index contributed by atoms with van der Waals surface area (Å²) in [6.07, 6.45) is 3.54. The standard InChI is InChI=1S/C10H19N3O2/c11-9(12-15)5-13-4-8-2-1-3-10(8,6-13)7-14/h8,14-15H,1-7H2,(H2,11,12). The van der Waals surface area contributed by atoms with E-state index < -0.39 is 0 Å². The molecule has 5 heteroatoms. The van der Waals surface area contributed by atoms with Crippen LogP contribution in [0.5, 0.6) is 0 Å². The van der Waals surface area contributed by atoms with Crippen LogP contribution in [0.25, 0.3) is 0 Å². The molecular weight excluding hydrogens is 194 g/mol. The molecule has 2 unspecified atom stereocenters. The molecule has 0 aromatic rings. The largest absolute Gasteiger partial charge is 0.409 e. The van der Waals surface area contributed by atoms with Crippen molar-refractivity contribution in [3.8, 4) is 0 Å². The van der Waals surface area contributed by atoms with Gasteiger partial charge in [-0.1, -0.05) is 11.6 Å². The van der Waals surface area contributed by atoms with Gasteiger partial charge in [0, 0.05) is 18.5 Å². The predicted molar refractivity (Wildman–Crippen MR) is 56.7 cm³/mol. The van der Waals surface area contributed by atoms with E-state index in [4.69, 9.17) is 10.9 Å². The Morgan fingerprint density at radius 1 is 1.60 bits per heavy atom. The van der Waals surface area contributed by atoms with Gasteiger partial charge in [0.25, 0.3) is 0 Å². The minimum absolute atomic E-state index is 0.0930. The summed E-state index contributed by atoms with van der Waals surface area (Å²) in [5.41, 5.74) is 5.58. The zero-order chi connectivity index (χ0) is 10.9. The normalized spacial score (nSPS) is 37.1. The first-order valence-electron chi connectivity index (χ1n) is 5.50. The van der Waals surface area contributed by atoms with Crippen molar-refractivity contribution >= 4 is 5.84 Å². The second kappa shape index (κ2) is 3.98. The molecule has 0 bridgehead atoms. The van der Waals surface area contributed by atoms with Crippen LogP contribution in [-0.2, 0) is 0 Å². The van der Waals surface area contributed by atoms with Crippen molar-refractivity contribution in [3.05, 3.63) is 0 Å². The molecule has 0 aromatic carbocycles. The van der Waals surface area contributed by atoms with Gasteiger partial charge in [-0.25, -0.2) is 0 Å². The van der Waals surface area contributed by atoms with Gasteiger partial charge in [-0.2, -0.15) is 0 Å². The number of aliphatic hydroxyl groups is 1. The summed E-state index contributed by atoms with van der Waals surface area (Å²) in [5, 5.41) is 21.0. The number of hydrogen-bond acceptors (Lipinski definition) is 4. The lowest BCUT2D eigenvalue weighted by Gasteiger charge is -2.26. The minimum Gasteiger partial charge on any atom is -0.409 e. The van der Waals surface area contributed by atoms with E-state index in [9.17, 15) is 5.11 Å². The third-order valence-electron chi connectivity index (χ3n) is 3.94. The van der Waals surface area contributed by atoms with Crippen molar-refractivity contribution in [1.82, 2.24) is 4.90 Å². The molecule has 0 spiro atoms. The van der Waals surface area contributed by atoms with Crippen molar-refractivity contribution in [2.75, 3.05) is 26.2 Å². The molecule has 2 aliphatic rings. The van der Waals surface area contributed by atoms with E-state index in [-0.39, 0.29) is 17.9 Å². The average molecular weight is 213 g/mol. The Bertz CT molecular complexity index is 269. The lowest BCUT2D eigenvalue weighted by atomic mass is 9.82. The van der Waals surface area contributed by atoms with Gasteiger partial charge in [-0.05, 0) is 18.8 Å². The van der Waals surface area contributed by atoms with Crippen molar-refractivity contribution < 1.29 is 10.3 Å². The summed E-state index contributed by atoms with van der Waals surface area (Å²) < 4.78 is 0. The van der Waals surface area contributed by atoms with Crippen LogP contribution in [0.4, 0.5) is 0 Å². The lowest BCUT2D eigenvalue weighted by molar-refractivity contribution is 0.113. The molecule has 86 valence electrons. The van der Waals surface area contributed by atoms with Gasteiger partial charge < -0.3 is 16.0 Å². The van der Waals surface area contributed by atoms with E-state index in [1.54, 1.807) is 0 Å². The summed E-state index contributed by atoms with van der Waals surface area (Å²) in [4.78, 5) is 2.18. The first-order chi connectivity index (χ1) is 7.20. The Labute approximate surface area is 89.5 Å². The van der Waals surface area contributed by atoms with Gasteiger partial charge in [-0.15, -0.1) is 0 Å². The van der Waals surface area contributed by atoms with Crippen molar-refractivity contribution in [3.63, 3.8) is 0 Å². The molecule has 5 nitrogen and oxygen atoms in total. The van der Waals surface area contributed by atoms with Crippen LogP contribution in [0.2, 0.25) is 0 Å². The maximum Gasteiger partial charge on any atom is 0.153 e. The fourth-order valence-corrected chi connectivity index (χ4v) is 3.16. The molecule has 1 saturated carbocycles. The van der Waals surface area contributed by atoms with Crippen molar-refractivity contribution in [1.29, 1.82) is 0 Å². The second-order valence-electron chi connectivity index (χ2n) is 4.87. The van der Waals surface area contributed by atoms with Gasteiger partial charge in [0.05, 0.1) is 13.2 Å².